The van der Waals surface area contributed by atoms with Crippen molar-refractivity contribution in [2.24, 2.45) is 0 Å². The maximum Gasteiger partial charge on any atom is 0.433 e. The molecule has 0 unspecified atom stereocenters. The van der Waals surface area contributed by atoms with Crippen LogP contribution in [-0.2, 0) is 6.54 Å². The molecule has 17 heavy (non-hydrogen) atoms. The second-order valence-corrected chi connectivity index (χ2v) is 4.28. The molecule has 6 heteroatoms. The topological polar surface area (TPSA) is 79.8 Å². The molecule has 1 aromatic rings. The van der Waals surface area contributed by atoms with Gasteiger partial charge in [0, 0.05) is 12.6 Å². The van der Waals surface area contributed by atoms with Gasteiger partial charge in [-0.05, 0) is 18.9 Å². The van der Waals surface area contributed by atoms with E-state index in [1.165, 1.54) is 12.5 Å². The summed E-state index contributed by atoms with van der Waals surface area (Å²) in [7, 11) is 0. The van der Waals surface area contributed by atoms with Crippen molar-refractivity contribution < 1.29 is 14.4 Å². The van der Waals surface area contributed by atoms with Gasteiger partial charge in [0.1, 0.15) is 10.7 Å². The average molecular weight is 240 g/mol. The Balaban J connectivity index is 1.98. The zero-order chi connectivity index (χ0) is 12.3. The Morgan fingerprint density at radius 2 is 2.29 bits per heavy atom. The molecule has 0 aliphatic heterocycles. The summed E-state index contributed by atoms with van der Waals surface area (Å²) >= 11 is 0. The molecule has 0 atom stereocenters. The highest BCUT2D eigenvalue weighted by Crippen LogP contribution is 2.27. The van der Waals surface area contributed by atoms with Crippen LogP contribution in [0.2, 0.25) is 0 Å². The summed E-state index contributed by atoms with van der Waals surface area (Å²) < 4.78 is 5.12. The lowest BCUT2D eigenvalue weighted by Gasteiger charge is -2.36. The molecule has 0 bridgehead atoms. The van der Waals surface area contributed by atoms with Crippen LogP contribution in [0.5, 0.6) is 0 Å². The van der Waals surface area contributed by atoms with E-state index < -0.39 is 4.92 Å². The van der Waals surface area contributed by atoms with Gasteiger partial charge in [-0.3, -0.25) is 15.0 Å². The number of nitro groups is 1. The van der Waals surface area contributed by atoms with E-state index >= 15 is 0 Å². The first kappa shape index (κ1) is 12.1. The molecule has 1 aliphatic carbocycles. The molecule has 0 amide bonds. The number of hydrogen-bond donors (Lipinski definition) is 1. The van der Waals surface area contributed by atoms with Gasteiger partial charge in [-0.1, -0.05) is 6.42 Å². The fraction of sp³-hybridized carbons (Fsp3) is 0.636. The van der Waals surface area contributed by atoms with Gasteiger partial charge in [-0.2, -0.15) is 0 Å². The van der Waals surface area contributed by atoms with Crippen molar-refractivity contribution in [1.29, 1.82) is 0 Å². The molecule has 1 heterocycles. The van der Waals surface area contributed by atoms with Crippen LogP contribution in [-0.4, -0.2) is 34.1 Å². The molecule has 1 saturated carbocycles. The van der Waals surface area contributed by atoms with Crippen LogP contribution in [0.15, 0.2) is 16.5 Å². The highest BCUT2D eigenvalue weighted by Gasteiger charge is 2.25. The van der Waals surface area contributed by atoms with Gasteiger partial charge < -0.3 is 9.52 Å². The van der Waals surface area contributed by atoms with Crippen LogP contribution < -0.4 is 0 Å². The Kier molecular flexibility index (Phi) is 3.75. The maximum atomic E-state index is 10.5. The normalized spacial score (nSPS) is 16.1. The van der Waals surface area contributed by atoms with E-state index in [1.54, 1.807) is 6.07 Å². The minimum absolute atomic E-state index is 0.0965. The van der Waals surface area contributed by atoms with E-state index in [2.05, 4.69) is 4.90 Å². The van der Waals surface area contributed by atoms with E-state index in [9.17, 15) is 10.1 Å². The second kappa shape index (κ2) is 5.29. The van der Waals surface area contributed by atoms with Gasteiger partial charge in [0.15, 0.2) is 0 Å². The molecule has 0 radical (unpaired) electrons. The van der Waals surface area contributed by atoms with Gasteiger partial charge in [0.05, 0.1) is 19.2 Å². The first-order chi connectivity index (χ1) is 8.20. The number of aliphatic hydroxyl groups excluding tert-OH is 1. The van der Waals surface area contributed by atoms with Crippen molar-refractivity contribution >= 4 is 5.88 Å². The summed E-state index contributed by atoms with van der Waals surface area (Å²) in [6, 6.07) is 3.47. The Bertz CT molecular complexity index is 387. The van der Waals surface area contributed by atoms with E-state index in [-0.39, 0.29) is 12.5 Å². The minimum atomic E-state index is -0.538. The first-order valence-corrected chi connectivity index (χ1v) is 5.78. The van der Waals surface area contributed by atoms with Crippen molar-refractivity contribution in [2.45, 2.75) is 31.8 Å². The second-order valence-electron chi connectivity index (χ2n) is 4.28. The lowest BCUT2D eigenvalue weighted by molar-refractivity contribution is -0.402. The minimum Gasteiger partial charge on any atom is -0.404 e. The molecule has 2 rings (SSSR count). The van der Waals surface area contributed by atoms with E-state index in [4.69, 9.17) is 9.52 Å². The van der Waals surface area contributed by atoms with Gasteiger partial charge in [0.25, 0.3) is 0 Å². The monoisotopic (exact) mass is 240 g/mol. The lowest BCUT2D eigenvalue weighted by atomic mass is 9.91. The largest absolute Gasteiger partial charge is 0.433 e. The van der Waals surface area contributed by atoms with Crippen LogP contribution >= 0.6 is 0 Å². The van der Waals surface area contributed by atoms with Gasteiger partial charge >= 0.3 is 5.88 Å². The molecule has 1 N–H and O–H groups in total. The fourth-order valence-electron chi connectivity index (χ4n) is 2.02. The number of nitrogens with zero attached hydrogens (tertiary/aromatic N) is 2. The molecule has 6 nitrogen and oxygen atoms in total. The van der Waals surface area contributed by atoms with Gasteiger partial charge in [-0.15, -0.1) is 0 Å². The summed E-state index contributed by atoms with van der Waals surface area (Å²) in [5, 5.41) is 19.5. The predicted molar refractivity (Wildman–Crippen MR) is 60.5 cm³/mol. The first-order valence-electron chi connectivity index (χ1n) is 5.78. The van der Waals surface area contributed by atoms with Crippen LogP contribution in [0.3, 0.4) is 0 Å². The summed E-state index contributed by atoms with van der Waals surface area (Å²) in [4.78, 5) is 12.1. The SMILES string of the molecule is O=[N+]([O-])c1ccc(CN(CCO)C2CCC2)o1. The standard InChI is InChI=1S/C11H16N2O4/c14-7-6-12(9-2-1-3-9)8-10-4-5-11(17-10)13(15)16/h4-5,9,14H,1-3,6-8H2. The van der Waals surface area contributed by atoms with E-state index in [1.807, 2.05) is 0 Å². The summed E-state index contributed by atoms with van der Waals surface area (Å²) in [5.41, 5.74) is 0. The zero-order valence-electron chi connectivity index (χ0n) is 9.54. The third-order valence-electron chi connectivity index (χ3n) is 3.16. The average Bonchev–Trinajstić information content (AvgIpc) is 2.64. The van der Waals surface area contributed by atoms with Crippen molar-refractivity contribution in [2.75, 3.05) is 13.2 Å². The smallest absolute Gasteiger partial charge is 0.404 e. The quantitative estimate of drug-likeness (QED) is 0.602. The van der Waals surface area contributed by atoms with Gasteiger partial charge in [0.2, 0.25) is 0 Å². The molecule has 1 aromatic heterocycles. The van der Waals surface area contributed by atoms with Crippen LogP contribution in [0.1, 0.15) is 25.0 Å². The van der Waals surface area contributed by atoms with Crippen molar-refractivity contribution in [1.82, 2.24) is 4.90 Å². The van der Waals surface area contributed by atoms with Crippen LogP contribution in [0.4, 0.5) is 5.88 Å². The molecule has 0 aromatic carbocycles. The number of aliphatic hydroxyl groups is 1. The number of rotatable bonds is 6. The van der Waals surface area contributed by atoms with Crippen molar-refractivity contribution in [3.05, 3.63) is 28.0 Å². The van der Waals surface area contributed by atoms with Crippen LogP contribution in [0, 0.1) is 10.1 Å². The molecule has 1 aliphatic rings. The molecule has 0 saturated heterocycles. The van der Waals surface area contributed by atoms with Crippen molar-refractivity contribution in [3.8, 4) is 0 Å². The third-order valence-corrected chi connectivity index (χ3v) is 3.16. The Hall–Kier alpha value is -1.40. The fourth-order valence-corrected chi connectivity index (χ4v) is 2.02. The summed E-state index contributed by atoms with van der Waals surface area (Å²) in [6.45, 7) is 1.21. The maximum absolute atomic E-state index is 10.5. The zero-order valence-corrected chi connectivity index (χ0v) is 9.54. The Morgan fingerprint density at radius 1 is 1.53 bits per heavy atom. The van der Waals surface area contributed by atoms with E-state index in [0.29, 0.717) is 24.9 Å². The predicted octanol–water partition coefficient (Wildman–Crippen LogP) is 1.53. The van der Waals surface area contributed by atoms with Crippen molar-refractivity contribution in [3.63, 3.8) is 0 Å². The lowest BCUT2D eigenvalue weighted by Crippen LogP contribution is -2.41. The highest BCUT2D eigenvalue weighted by molar-refractivity contribution is 5.17. The third kappa shape index (κ3) is 2.83. The van der Waals surface area contributed by atoms with Gasteiger partial charge in [-0.25, -0.2) is 0 Å². The molecular formula is C11H16N2O4. The summed E-state index contributed by atoms with van der Waals surface area (Å²) in [5.74, 6) is 0.356. The molecule has 1 fully saturated rings. The molecular weight excluding hydrogens is 224 g/mol. The highest BCUT2D eigenvalue weighted by atomic mass is 16.6. The van der Waals surface area contributed by atoms with Crippen LogP contribution in [0.25, 0.3) is 0 Å². The Morgan fingerprint density at radius 3 is 2.76 bits per heavy atom. The summed E-state index contributed by atoms with van der Waals surface area (Å²) in [6.07, 6.45) is 3.47. The Labute approximate surface area is 99.0 Å². The molecule has 94 valence electrons. The van der Waals surface area contributed by atoms with E-state index in [0.717, 1.165) is 12.8 Å². The molecule has 0 spiro atoms. The number of hydrogen-bond acceptors (Lipinski definition) is 5. The number of furan rings is 1.